The summed E-state index contributed by atoms with van der Waals surface area (Å²) in [5, 5.41) is 9.81. The van der Waals surface area contributed by atoms with Crippen LogP contribution in [-0.2, 0) is 14.8 Å². The molecule has 8 nitrogen and oxygen atoms in total. The lowest BCUT2D eigenvalue weighted by Crippen LogP contribution is -2.41. The van der Waals surface area contributed by atoms with Crippen LogP contribution in [-0.4, -0.2) is 63.2 Å². The number of nitrogens with zero attached hydrogens (tertiary/aromatic N) is 2. The summed E-state index contributed by atoms with van der Waals surface area (Å²) in [6.45, 7) is 5.57. The summed E-state index contributed by atoms with van der Waals surface area (Å²) in [5.41, 5.74) is -0.00545. The number of carbonyl (C=O) groups is 1. The molecule has 36 heavy (non-hydrogen) atoms. The van der Waals surface area contributed by atoms with E-state index in [1.54, 1.807) is 0 Å². The number of halogens is 2. The number of benzene rings is 2. The van der Waals surface area contributed by atoms with Crippen LogP contribution < -0.4 is 9.64 Å². The highest BCUT2D eigenvalue weighted by Crippen LogP contribution is 2.42. The van der Waals surface area contributed by atoms with E-state index in [0.717, 1.165) is 43.9 Å². The molecule has 0 radical (unpaired) electrons. The van der Waals surface area contributed by atoms with Gasteiger partial charge in [0.05, 0.1) is 24.5 Å². The van der Waals surface area contributed by atoms with Gasteiger partial charge in [-0.05, 0) is 37.1 Å². The summed E-state index contributed by atoms with van der Waals surface area (Å²) in [7, 11) is -4.25. The van der Waals surface area contributed by atoms with Crippen molar-refractivity contribution < 1.29 is 36.6 Å². The fourth-order valence-electron chi connectivity index (χ4n) is 3.88. The number of aromatic carboxylic acids is 1. The molecule has 0 unspecified atom stereocenters. The molecule has 1 aliphatic rings. The summed E-state index contributed by atoms with van der Waals surface area (Å²) in [5.74, 6) is -3.68. The summed E-state index contributed by atoms with van der Waals surface area (Å²) in [6.07, 6.45) is 3.22. The van der Waals surface area contributed by atoms with E-state index in [2.05, 4.69) is 0 Å². The van der Waals surface area contributed by atoms with Gasteiger partial charge in [0.1, 0.15) is 10.7 Å². The first kappa shape index (κ1) is 27.8. The second-order valence-electron chi connectivity index (χ2n) is 8.52. The molecule has 0 atom stereocenters. The van der Waals surface area contributed by atoms with Gasteiger partial charge in [0.15, 0.2) is 17.3 Å². The van der Waals surface area contributed by atoms with Crippen molar-refractivity contribution >= 4 is 21.7 Å². The van der Waals surface area contributed by atoms with E-state index < -0.39 is 27.6 Å². The lowest BCUT2D eigenvalue weighted by molar-refractivity contribution is 0.0696. The molecular weight excluding hydrogens is 494 g/mol. The Labute approximate surface area is 210 Å². The highest BCUT2D eigenvalue weighted by atomic mass is 32.2. The minimum absolute atomic E-state index is 0.0781. The van der Waals surface area contributed by atoms with E-state index in [0.29, 0.717) is 19.2 Å². The van der Waals surface area contributed by atoms with E-state index in [-0.39, 0.29) is 53.9 Å². The van der Waals surface area contributed by atoms with Gasteiger partial charge < -0.3 is 19.5 Å². The van der Waals surface area contributed by atoms with E-state index in [1.807, 2.05) is 18.7 Å². The SMILES string of the molecule is CCCCN(CCCC)c1cc(C(=O)O)cc(S(=O)(=O)N2CCOCC2)c1Oc1ccc(F)cc1F. The normalized spacial score (nSPS) is 14.6. The lowest BCUT2D eigenvalue weighted by atomic mass is 10.1. The Morgan fingerprint density at radius 1 is 1.08 bits per heavy atom. The number of hydrogen-bond donors (Lipinski definition) is 1. The smallest absolute Gasteiger partial charge is 0.335 e. The third kappa shape index (κ3) is 6.51. The molecule has 0 spiro atoms. The zero-order chi connectivity index (χ0) is 26.3. The highest BCUT2D eigenvalue weighted by Gasteiger charge is 2.33. The molecule has 1 N–H and O–H groups in total. The van der Waals surface area contributed by atoms with E-state index in [1.165, 1.54) is 10.4 Å². The molecule has 0 saturated carbocycles. The maximum absolute atomic E-state index is 14.6. The van der Waals surface area contributed by atoms with Crippen LogP contribution in [0.15, 0.2) is 35.2 Å². The Kier molecular flexibility index (Phi) is 9.63. The van der Waals surface area contributed by atoms with Crippen molar-refractivity contribution in [3.8, 4) is 11.5 Å². The number of sulfonamides is 1. The Hall–Kier alpha value is -2.76. The lowest BCUT2D eigenvalue weighted by Gasteiger charge is -2.31. The van der Waals surface area contributed by atoms with Crippen LogP contribution in [0.2, 0.25) is 0 Å². The van der Waals surface area contributed by atoms with Crippen LogP contribution in [0, 0.1) is 11.6 Å². The Morgan fingerprint density at radius 2 is 1.72 bits per heavy atom. The van der Waals surface area contributed by atoms with Crippen LogP contribution in [0.3, 0.4) is 0 Å². The molecule has 0 aromatic heterocycles. The van der Waals surface area contributed by atoms with Crippen LogP contribution in [0.5, 0.6) is 11.5 Å². The zero-order valence-electron chi connectivity index (χ0n) is 20.5. The van der Waals surface area contributed by atoms with Gasteiger partial charge in [-0.25, -0.2) is 22.0 Å². The number of ether oxygens (including phenoxy) is 2. The molecular formula is C25H32F2N2O6S. The Balaban J connectivity index is 2.27. The van der Waals surface area contributed by atoms with Gasteiger partial charge in [-0.15, -0.1) is 0 Å². The predicted molar refractivity (Wildman–Crippen MR) is 131 cm³/mol. The number of rotatable bonds is 12. The highest BCUT2D eigenvalue weighted by molar-refractivity contribution is 7.89. The average molecular weight is 527 g/mol. The Bertz CT molecular complexity index is 1160. The van der Waals surface area contributed by atoms with Gasteiger partial charge in [-0.3, -0.25) is 0 Å². The van der Waals surface area contributed by atoms with Gasteiger partial charge >= 0.3 is 5.97 Å². The van der Waals surface area contributed by atoms with E-state index >= 15 is 0 Å². The molecule has 2 aromatic carbocycles. The number of morpholine rings is 1. The van der Waals surface area contributed by atoms with Crippen molar-refractivity contribution in [3.05, 3.63) is 47.5 Å². The summed E-state index contributed by atoms with van der Waals surface area (Å²) in [6, 6.07) is 5.11. The topological polar surface area (TPSA) is 96.4 Å². The minimum atomic E-state index is -4.25. The maximum atomic E-state index is 14.6. The van der Waals surface area contributed by atoms with Gasteiger partial charge in [0.25, 0.3) is 0 Å². The fraction of sp³-hybridized carbons (Fsp3) is 0.480. The van der Waals surface area contributed by atoms with Crippen molar-refractivity contribution in [1.29, 1.82) is 0 Å². The van der Waals surface area contributed by atoms with Crippen molar-refractivity contribution in [2.75, 3.05) is 44.3 Å². The van der Waals surface area contributed by atoms with Crippen LogP contribution in [0.1, 0.15) is 49.9 Å². The maximum Gasteiger partial charge on any atom is 0.335 e. The Morgan fingerprint density at radius 3 is 2.28 bits per heavy atom. The van der Waals surface area contributed by atoms with Gasteiger partial charge in [0, 0.05) is 32.2 Å². The standard InChI is InChI=1S/C25H32F2N2O6S/c1-3-5-9-28(10-6-4-2)21-15-18(25(30)31)16-23(36(32,33)29-11-13-34-14-12-29)24(21)35-22-8-7-19(26)17-20(22)27/h7-8,15-17H,3-6,9-14H2,1-2H3,(H,30,31). The molecule has 2 aromatic rings. The first-order valence-corrected chi connectivity index (χ1v) is 13.5. The van der Waals surface area contributed by atoms with Crippen molar-refractivity contribution in [2.45, 2.75) is 44.4 Å². The number of anilines is 1. The molecule has 198 valence electrons. The third-order valence-corrected chi connectivity index (χ3v) is 7.78. The first-order chi connectivity index (χ1) is 17.2. The second kappa shape index (κ2) is 12.5. The average Bonchev–Trinajstić information content (AvgIpc) is 2.86. The van der Waals surface area contributed by atoms with E-state index in [9.17, 15) is 27.1 Å². The molecule has 1 fully saturated rings. The van der Waals surface area contributed by atoms with Crippen LogP contribution >= 0.6 is 0 Å². The molecule has 0 aliphatic carbocycles. The van der Waals surface area contributed by atoms with Crippen LogP contribution in [0.4, 0.5) is 14.5 Å². The molecule has 3 rings (SSSR count). The summed E-state index contributed by atoms with van der Waals surface area (Å²) >= 11 is 0. The quantitative estimate of drug-likeness (QED) is 0.421. The number of carboxylic acids is 1. The fourth-order valence-corrected chi connectivity index (χ4v) is 5.45. The number of hydrogen-bond acceptors (Lipinski definition) is 6. The second-order valence-corrected chi connectivity index (χ2v) is 10.4. The molecule has 1 aliphatic heterocycles. The minimum Gasteiger partial charge on any atom is -0.478 e. The van der Waals surface area contributed by atoms with Crippen molar-refractivity contribution in [1.82, 2.24) is 4.31 Å². The number of unbranched alkanes of at least 4 members (excludes halogenated alkanes) is 2. The molecule has 0 bridgehead atoms. The molecule has 1 heterocycles. The van der Waals surface area contributed by atoms with E-state index in [4.69, 9.17) is 9.47 Å². The molecule has 11 heteroatoms. The van der Waals surface area contributed by atoms with Gasteiger partial charge in [0.2, 0.25) is 10.0 Å². The first-order valence-electron chi connectivity index (χ1n) is 12.1. The third-order valence-electron chi connectivity index (χ3n) is 5.88. The largest absolute Gasteiger partial charge is 0.478 e. The molecule has 0 amide bonds. The van der Waals surface area contributed by atoms with Crippen LogP contribution in [0.25, 0.3) is 0 Å². The molecule has 1 saturated heterocycles. The zero-order valence-corrected chi connectivity index (χ0v) is 21.3. The summed E-state index contributed by atoms with van der Waals surface area (Å²) < 4.78 is 68.0. The summed E-state index contributed by atoms with van der Waals surface area (Å²) in [4.78, 5) is 13.5. The predicted octanol–water partition coefficient (Wildman–Crippen LogP) is 4.88. The van der Waals surface area contributed by atoms with Gasteiger partial charge in [-0.1, -0.05) is 26.7 Å². The van der Waals surface area contributed by atoms with Crippen molar-refractivity contribution in [3.63, 3.8) is 0 Å². The number of carboxylic acid groups (broad SMARTS) is 1. The van der Waals surface area contributed by atoms with Crippen molar-refractivity contribution in [2.24, 2.45) is 0 Å². The monoisotopic (exact) mass is 526 g/mol. The van der Waals surface area contributed by atoms with Gasteiger partial charge in [-0.2, -0.15) is 4.31 Å².